The number of nitro groups is 2. The molecule has 3 N–H and O–H groups in total. The van der Waals surface area contributed by atoms with Crippen molar-refractivity contribution < 1.29 is 24.4 Å². The lowest BCUT2D eigenvalue weighted by atomic mass is 10.1. The Kier molecular flexibility index (Phi) is 16.8. The van der Waals surface area contributed by atoms with Crippen molar-refractivity contribution in [3.8, 4) is 29.0 Å². The van der Waals surface area contributed by atoms with Crippen molar-refractivity contribution in [3.63, 3.8) is 0 Å². The standard InChI is InChI=1S/C13H11ClN2O3.C13H13ClN2O.C8H10O.C5H2BrClN2O2/c1-8-4-3-5-9(2)12(8)19-13-11(16(17)18)6-10(14)7-15-13;1-8-4-3-5-9(2)12(8)17-13-11(15)6-10(14)7-16-13;1-6-4-3-5-7(2)8(6)9;6-5-4(9(10)11)1-3(7)2-8-5/h3-7H,1-2H3;3-7H,15H2,1-2H3;3-5,9H,1-2H3;1-2H. The number of rotatable bonds is 6. The number of nitrogens with zero attached hydrogens (tertiary/aromatic N) is 5. The molecular formula is C39H36BrCl3N6O7. The van der Waals surface area contributed by atoms with Gasteiger partial charge in [0.05, 0.1) is 36.8 Å². The maximum absolute atomic E-state index is 11.0. The number of nitrogen functional groups attached to an aromatic ring is 1. The monoisotopic (exact) mass is 884 g/mol. The van der Waals surface area contributed by atoms with Gasteiger partial charge in [0.15, 0.2) is 4.60 Å². The van der Waals surface area contributed by atoms with Crippen LogP contribution in [0.1, 0.15) is 33.4 Å². The molecular weight excluding hydrogens is 851 g/mol. The van der Waals surface area contributed by atoms with Gasteiger partial charge in [0.25, 0.3) is 5.88 Å². The Morgan fingerprint density at radius 2 is 0.964 bits per heavy atom. The number of phenolic OH excluding ortho intramolecular Hbond substituents is 1. The normalized spacial score (nSPS) is 10.0. The molecule has 0 saturated carbocycles. The maximum atomic E-state index is 11.0. The third kappa shape index (κ3) is 13.0. The molecule has 0 unspecified atom stereocenters. The average molecular weight is 887 g/mol. The number of anilines is 1. The van der Waals surface area contributed by atoms with E-state index in [-0.39, 0.29) is 31.9 Å². The first-order valence-corrected chi connectivity index (χ1v) is 18.2. The zero-order chi connectivity index (χ0) is 41.7. The van der Waals surface area contributed by atoms with Crippen LogP contribution in [0.25, 0.3) is 0 Å². The van der Waals surface area contributed by atoms with E-state index >= 15 is 0 Å². The van der Waals surface area contributed by atoms with Gasteiger partial charge < -0.3 is 20.3 Å². The highest BCUT2D eigenvalue weighted by atomic mass is 79.9. The van der Waals surface area contributed by atoms with Crippen molar-refractivity contribution in [2.45, 2.75) is 41.5 Å². The van der Waals surface area contributed by atoms with Crippen LogP contribution >= 0.6 is 50.7 Å². The van der Waals surface area contributed by atoms with Crippen LogP contribution in [0.15, 0.2) is 96.0 Å². The lowest BCUT2D eigenvalue weighted by Gasteiger charge is -2.12. The second-order valence-corrected chi connectivity index (χ2v) is 14.0. The number of ether oxygens (including phenoxy) is 2. The van der Waals surface area contributed by atoms with Crippen LogP contribution in [0.5, 0.6) is 29.0 Å². The summed E-state index contributed by atoms with van der Waals surface area (Å²) >= 11 is 19.9. The van der Waals surface area contributed by atoms with Gasteiger partial charge in [-0.1, -0.05) is 89.4 Å². The number of aromatic hydroxyl groups is 1. The molecule has 0 saturated heterocycles. The highest BCUT2D eigenvalue weighted by Gasteiger charge is 2.20. The van der Waals surface area contributed by atoms with Gasteiger partial charge in [-0.3, -0.25) is 20.2 Å². The fraction of sp³-hybridized carbons (Fsp3) is 0.154. The van der Waals surface area contributed by atoms with Crippen LogP contribution in [0, 0.1) is 61.8 Å². The molecule has 0 radical (unpaired) electrons. The first-order chi connectivity index (χ1) is 26.4. The van der Waals surface area contributed by atoms with Crippen LogP contribution < -0.4 is 15.2 Å². The molecule has 0 amide bonds. The first kappa shape index (κ1) is 44.9. The quantitative estimate of drug-likeness (QED) is 0.0919. The average Bonchev–Trinajstić information content (AvgIpc) is 3.13. The Hall–Kier alpha value is -5.54. The van der Waals surface area contributed by atoms with Crippen LogP contribution in [0.4, 0.5) is 17.1 Å². The number of aryl methyl sites for hydroxylation is 6. The van der Waals surface area contributed by atoms with E-state index in [1.807, 2.05) is 96.1 Å². The fourth-order valence-corrected chi connectivity index (χ4v) is 5.44. The van der Waals surface area contributed by atoms with Crippen LogP contribution in [-0.2, 0) is 0 Å². The second kappa shape index (κ2) is 20.9. The summed E-state index contributed by atoms with van der Waals surface area (Å²) in [5, 5.41) is 31.4. The Labute approximate surface area is 346 Å². The minimum Gasteiger partial charge on any atom is -0.507 e. The van der Waals surface area contributed by atoms with Gasteiger partial charge in [-0.25, -0.2) is 15.0 Å². The molecule has 17 heteroatoms. The van der Waals surface area contributed by atoms with Crippen LogP contribution in [0.2, 0.25) is 15.1 Å². The summed E-state index contributed by atoms with van der Waals surface area (Å²) in [4.78, 5) is 31.7. The van der Waals surface area contributed by atoms with Crippen LogP contribution in [0.3, 0.4) is 0 Å². The molecule has 292 valence electrons. The number of para-hydroxylation sites is 3. The number of pyridine rings is 3. The zero-order valence-corrected chi connectivity index (χ0v) is 34.7. The number of hydrogen-bond donors (Lipinski definition) is 2. The van der Waals surface area contributed by atoms with Crippen LogP contribution in [-0.4, -0.2) is 29.9 Å². The highest BCUT2D eigenvalue weighted by molar-refractivity contribution is 9.10. The SMILES string of the molecule is Cc1cccc(C)c1O.Cc1cccc(C)c1Oc1ncc(Cl)cc1N.Cc1cccc(C)c1Oc1ncc(Cl)cc1[N+](=O)[O-].O=[N+]([O-])c1cc(Cl)cnc1Br. The summed E-state index contributed by atoms with van der Waals surface area (Å²) < 4.78 is 11.5. The van der Waals surface area contributed by atoms with Crippen molar-refractivity contribution in [2.24, 2.45) is 0 Å². The smallest absolute Gasteiger partial charge is 0.332 e. The van der Waals surface area contributed by atoms with E-state index in [9.17, 15) is 25.3 Å². The summed E-state index contributed by atoms with van der Waals surface area (Å²) in [6.45, 7) is 11.5. The summed E-state index contributed by atoms with van der Waals surface area (Å²) in [5.41, 5.74) is 11.6. The fourth-order valence-electron chi connectivity index (χ4n) is 4.61. The van der Waals surface area contributed by atoms with E-state index in [1.54, 1.807) is 6.07 Å². The Morgan fingerprint density at radius 3 is 1.36 bits per heavy atom. The van der Waals surface area contributed by atoms with E-state index < -0.39 is 9.85 Å². The van der Waals surface area contributed by atoms with E-state index in [0.29, 0.717) is 28.1 Å². The first-order valence-electron chi connectivity index (χ1n) is 16.3. The second-order valence-electron chi connectivity index (χ2n) is 11.9. The van der Waals surface area contributed by atoms with Gasteiger partial charge in [-0.05, 0) is 96.9 Å². The van der Waals surface area contributed by atoms with Gasteiger partial charge in [0, 0.05) is 24.5 Å². The van der Waals surface area contributed by atoms with E-state index in [2.05, 4.69) is 30.9 Å². The Balaban J connectivity index is 0.000000209. The molecule has 13 nitrogen and oxygen atoms in total. The lowest BCUT2D eigenvalue weighted by molar-refractivity contribution is -0.386. The van der Waals surface area contributed by atoms with Gasteiger partial charge >= 0.3 is 11.4 Å². The molecule has 0 aliphatic rings. The van der Waals surface area contributed by atoms with Crippen molar-refractivity contribution >= 4 is 67.8 Å². The molecule has 3 heterocycles. The Morgan fingerprint density at radius 1 is 0.607 bits per heavy atom. The zero-order valence-electron chi connectivity index (χ0n) is 30.9. The molecule has 0 fully saturated rings. The number of nitrogens with two attached hydrogens (primary N) is 1. The molecule has 0 aliphatic carbocycles. The molecule has 0 aliphatic heterocycles. The Bertz CT molecular complexity index is 2290. The van der Waals surface area contributed by atoms with Crippen molar-refractivity contribution in [3.05, 3.63) is 165 Å². The third-order valence-electron chi connectivity index (χ3n) is 7.48. The largest absolute Gasteiger partial charge is 0.507 e. The minimum atomic E-state index is -0.568. The topological polar surface area (TPSA) is 190 Å². The molecule has 0 atom stereocenters. The van der Waals surface area contributed by atoms with Crippen molar-refractivity contribution in [1.82, 2.24) is 15.0 Å². The number of aromatic nitrogens is 3. The molecule has 6 rings (SSSR count). The van der Waals surface area contributed by atoms with Gasteiger partial charge in [0.1, 0.15) is 17.2 Å². The van der Waals surface area contributed by atoms with E-state index in [1.165, 1.54) is 30.7 Å². The predicted molar refractivity (Wildman–Crippen MR) is 223 cm³/mol. The van der Waals surface area contributed by atoms with Gasteiger partial charge in [-0.2, -0.15) is 0 Å². The number of phenols is 1. The minimum absolute atomic E-state index is 0.0631. The number of halogens is 4. The molecule has 0 bridgehead atoms. The molecule has 56 heavy (non-hydrogen) atoms. The van der Waals surface area contributed by atoms with Crippen molar-refractivity contribution in [1.29, 1.82) is 0 Å². The molecule has 6 aromatic rings. The van der Waals surface area contributed by atoms with E-state index in [0.717, 1.165) is 39.1 Å². The number of benzene rings is 3. The molecule has 3 aromatic carbocycles. The lowest BCUT2D eigenvalue weighted by Crippen LogP contribution is -1.98. The number of hydrogen-bond acceptors (Lipinski definition) is 11. The summed E-state index contributed by atoms with van der Waals surface area (Å²) in [7, 11) is 0. The van der Waals surface area contributed by atoms with Crippen molar-refractivity contribution in [2.75, 3.05) is 5.73 Å². The maximum Gasteiger partial charge on any atom is 0.332 e. The summed E-state index contributed by atoms with van der Waals surface area (Å²) in [6, 6.07) is 21.4. The van der Waals surface area contributed by atoms with Gasteiger partial charge in [-0.15, -0.1) is 0 Å². The third-order valence-corrected chi connectivity index (χ3v) is 8.71. The highest BCUT2D eigenvalue weighted by Crippen LogP contribution is 2.35. The predicted octanol–water partition coefficient (Wildman–Crippen LogP) is 12.2. The summed E-state index contributed by atoms with van der Waals surface area (Å²) in [5.74, 6) is 2.09. The molecule has 3 aromatic heterocycles. The summed E-state index contributed by atoms with van der Waals surface area (Å²) in [6.07, 6.45) is 4.16. The van der Waals surface area contributed by atoms with E-state index in [4.69, 9.17) is 50.0 Å². The molecule has 0 spiro atoms. The van der Waals surface area contributed by atoms with Gasteiger partial charge in [0.2, 0.25) is 5.88 Å².